The van der Waals surface area contributed by atoms with Crippen molar-refractivity contribution in [2.24, 2.45) is 0 Å². The Morgan fingerprint density at radius 2 is 2.14 bits per heavy atom. The number of rotatable bonds is 6. The number of ether oxygens (including phenoxy) is 1. The number of carbonyl (C=O) groups excluding carboxylic acids is 1. The lowest BCUT2D eigenvalue weighted by molar-refractivity contribution is -0.116. The first kappa shape index (κ1) is 16.3. The van der Waals surface area contributed by atoms with Crippen LogP contribution in [0.1, 0.15) is 11.3 Å². The molecule has 1 heterocycles. The number of nitrogens with zero attached hydrogens (tertiary/aromatic N) is 2. The zero-order chi connectivity index (χ0) is 15.9. The van der Waals surface area contributed by atoms with Gasteiger partial charge in [0.15, 0.2) is 0 Å². The molecule has 6 heteroatoms. The molecule has 1 aromatic carbocycles. The monoisotopic (exact) mass is 319 g/mol. The fraction of sp³-hybridized carbons (Fsp3) is 0.250. The molecule has 5 nitrogen and oxygen atoms in total. The zero-order valence-electron chi connectivity index (χ0n) is 12.5. The van der Waals surface area contributed by atoms with Gasteiger partial charge in [-0.3, -0.25) is 4.79 Å². The predicted molar refractivity (Wildman–Crippen MR) is 87.2 cm³/mol. The second-order valence-electron chi connectivity index (χ2n) is 4.65. The van der Waals surface area contributed by atoms with Crippen LogP contribution in [0.15, 0.2) is 36.4 Å². The van der Waals surface area contributed by atoms with Crippen LogP contribution in [0.4, 0.5) is 0 Å². The Hall–Kier alpha value is -2.11. The number of methoxy groups -OCH3 is 1. The topological polar surface area (TPSA) is 56.1 Å². The van der Waals surface area contributed by atoms with E-state index in [-0.39, 0.29) is 5.91 Å². The first-order valence-electron chi connectivity index (χ1n) is 6.89. The minimum absolute atomic E-state index is 0.194. The number of aryl methyl sites for hydroxylation is 1. The number of aromatic nitrogens is 2. The molecule has 22 heavy (non-hydrogen) atoms. The number of carbonyl (C=O) groups is 1. The summed E-state index contributed by atoms with van der Waals surface area (Å²) in [5, 5.41) is 7.60. The lowest BCUT2D eigenvalue weighted by Crippen LogP contribution is -2.24. The minimum atomic E-state index is -0.194. The molecule has 0 unspecified atom stereocenters. The Morgan fingerprint density at radius 3 is 2.82 bits per heavy atom. The third-order valence-corrected chi connectivity index (χ3v) is 3.42. The third kappa shape index (κ3) is 3.96. The highest BCUT2D eigenvalue weighted by molar-refractivity contribution is 6.31. The van der Waals surface area contributed by atoms with Crippen LogP contribution < -0.4 is 5.32 Å². The van der Waals surface area contributed by atoms with Gasteiger partial charge in [-0.2, -0.15) is 5.10 Å². The van der Waals surface area contributed by atoms with Gasteiger partial charge in [-0.15, -0.1) is 0 Å². The zero-order valence-corrected chi connectivity index (χ0v) is 13.3. The van der Waals surface area contributed by atoms with E-state index in [1.165, 1.54) is 6.08 Å². The predicted octanol–water partition coefficient (Wildman–Crippen LogP) is 2.61. The average molecular weight is 320 g/mol. The van der Waals surface area contributed by atoms with Gasteiger partial charge in [0.25, 0.3) is 0 Å². The Bertz CT molecular complexity index is 666. The normalized spacial score (nSPS) is 11.0. The summed E-state index contributed by atoms with van der Waals surface area (Å²) in [6, 6.07) is 9.61. The van der Waals surface area contributed by atoms with E-state index in [4.69, 9.17) is 16.3 Å². The van der Waals surface area contributed by atoms with Gasteiger partial charge in [-0.05, 0) is 25.1 Å². The van der Waals surface area contributed by atoms with Gasteiger partial charge >= 0.3 is 0 Å². The molecule has 1 amide bonds. The molecule has 0 aliphatic heterocycles. The standard InChI is InChI=1S/C16H18ClN3O2/c1-12-14(8-9-15(21)18-10-11-22-2)16(17)20(19-12)13-6-4-3-5-7-13/h3-9H,10-11H2,1-2H3,(H,18,21)/b9-8+. The molecule has 0 aliphatic rings. The molecule has 0 bridgehead atoms. The first-order chi connectivity index (χ1) is 10.6. The maximum atomic E-state index is 11.7. The summed E-state index contributed by atoms with van der Waals surface area (Å²) in [7, 11) is 1.59. The summed E-state index contributed by atoms with van der Waals surface area (Å²) < 4.78 is 6.52. The van der Waals surface area contributed by atoms with Crippen molar-refractivity contribution in [2.45, 2.75) is 6.92 Å². The largest absolute Gasteiger partial charge is 0.383 e. The lowest BCUT2D eigenvalue weighted by atomic mass is 10.2. The van der Waals surface area contributed by atoms with E-state index < -0.39 is 0 Å². The van der Waals surface area contributed by atoms with E-state index in [1.54, 1.807) is 17.9 Å². The van der Waals surface area contributed by atoms with Crippen LogP contribution in [0.2, 0.25) is 5.15 Å². The summed E-state index contributed by atoms with van der Waals surface area (Å²) in [6.45, 7) is 2.80. The Kier molecular flexibility index (Phi) is 5.75. The molecule has 0 saturated carbocycles. The molecule has 1 N–H and O–H groups in total. The van der Waals surface area contributed by atoms with Crippen LogP contribution in [0, 0.1) is 6.92 Å². The van der Waals surface area contributed by atoms with Crippen molar-refractivity contribution in [3.63, 3.8) is 0 Å². The molecule has 2 aromatic rings. The van der Waals surface area contributed by atoms with Gasteiger partial charge in [0.2, 0.25) is 5.91 Å². The number of halogens is 1. The van der Waals surface area contributed by atoms with Crippen LogP contribution >= 0.6 is 11.6 Å². The highest BCUT2D eigenvalue weighted by atomic mass is 35.5. The minimum Gasteiger partial charge on any atom is -0.383 e. The molecule has 1 aromatic heterocycles. The maximum Gasteiger partial charge on any atom is 0.244 e. The second kappa shape index (κ2) is 7.77. The van der Waals surface area contributed by atoms with Gasteiger partial charge in [0.1, 0.15) is 5.15 Å². The van der Waals surface area contributed by atoms with Crippen LogP contribution in [0.25, 0.3) is 11.8 Å². The van der Waals surface area contributed by atoms with E-state index in [0.717, 1.165) is 16.9 Å². The van der Waals surface area contributed by atoms with Crippen molar-refractivity contribution in [1.29, 1.82) is 0 Å². The van der Waals surface area contributed by atoms with Gasteiger partial charge < -0.3 is 10.1 Å². The molecule has 2 rings (SSSR count). The third-order valence-electron chi connectivity index (χ3n) is 3.06. The quantitative estimate of drug-likeness (QED) is 0.658. The number of hydrogen-bond donors (Lipinski definition) is 1. The molecule has 0 atom stereocenters. The smallest absolute Gasteiger partial charge is 0.244 e. The number of benzene rings is 1. The molecular formula is C16H18ClN3O2. The Morgan fingerprint density at radius 1 is 1.41 bits per heavy atom. The summed E-state index contributed by atoms with van der Waals surface area (Å²) >= 11 is 6.37. The van der Waals surface area contributed by atoms with Crippen LogP contribution in [0.5, 0.6) is 0 Å². The number of amides is 1. The van der Waals surface area contributed by atoms with Gasteiger partial charge in [-0.1, -0.05) is 29.8 Å². The van der Waals surface area contributed by atoms with E-state index in [2.05, 4.69) is 10.4 Å². The number of nitrogens with one attached hydrogen (secondary N) is 1. The SMILES string of the molecule is COCCNC(=O)/C=C/c1c(C)nn(-c2ccccc2)c1Cl. The molecule has 0 spiro atoms. The van der Waals surface area contributed by atoms with E-state index in [1.807, 2.05) is 37.3 Å². The van der Waals surface area contributed by atoms with Crippen molar-refractivity contribution < 1.29 is 9.53 Å². The van der Waals surface area contributed by atoms with Crippen molar-refractivity contribution in [2.75, 3.05) is 20.3 Å². The molecular weight excluding hydrogens is 302 g/mol. The van der Waals surface area contributed by atoms with Crippen LogP contribution in [-0.4, -0.2) is 35.9 Å². The van der Waals surface area contributed by atoms with Gasteiger partial charge in [0, 0.05) is 25.3 Å². The fourth-order valence-corrected chi connectivity index (χ4v) is 2.27. The lowest BCUT2D eigenvalue weighted by Gasteiger charge is -2.02. The van der Waals surface area contributed by atoms with E-state index in [0.29, 0.717) is 18.3 Å². The van der Waals surface area contributed by atoms with Crippen molar-refractivity contribution in [3.05, 3.63) is 52.8 Å². The summed E-state index contributed by atoms with van der Waals surface area (Å²) in [4.78, 5) is 11.7. The summed E-state index contributed by atoms with van der Waals surface area (Å²) in [6.07, 6.45) is 3.12. The fourth-order valence-electron chi connectivity index (χ4n) is 1.94. The molecule has 0 aliphatic carbocycles. The average Bonchev–Trinajstić information content (AvgIpc) is 2.81. The first-order valence-corrected chi connectivity index (χ1v) is 7.26. The second-order valence-corrected chi connectivity index (χ2v) is 5.01. The Labute approximate surface area is 134 Å². The van der Waals surface area contributed by atoms with Crippen LogP contribution in [-0.2, 0) is 9.53 Å². The van der Waals surface area contributed by atoms with Crippen molar-refractivity contribution in [3.8, 4) is 5.69 Å². The number of hydrogen-bond acceptors (Lipinski definition) is 3. The molecule has 0 fully saturated rings. The van der Waals surface area contributed by atoms with Crippen LogP contribution in [0.3, 0.4) is 0 Å². The van der Waals surface area contributed by atoms with E-state index >= 15 is 0 Å². The summed E-state index contributed by atoms with van der Waals surface area (Å²) in [5.74, 6) is -0.194. The van der Waals surface area contributed by atoms with Gasteiger partial charge in [0.05, 0.1) is 18.0 Å². The molecule has 0 radical (unpaired) electrons. The summed E-state index contributed by atoms with van der Waals surface area (Å²) in [5.41, 5.74) is 2.36. The van der Waals surface area contributed by atoms with E-state index in [9.17, 15) is 4.79 Å². The number of para-hydroxylation sites is 1. The molecule has 0 saturated heterocycles. The highest BCUT2D eigenvalue weighted by Gasteiger charge is 2.12. The van der Waals surface area contributed by atoms with Crippen molar-refractivity contribution in [1.82, 2.24) is 15.1 Å². The maximum absolute atomic E-state index is 11.7. The van der Waals surface area contributed by atoms with Crippen molar-refractivity contribution >= 4 is 23.6 Å². The highest BCUT2D eigenvalue weighted by Crippen LogP contribution is 2.24. The Balaban J connectivity index is 2.16. The van der Waals surface area contributed by atoms with Gasteiger partial charge in [-0.25, -0.2) is 4.68 Å². The molecule has 116 valence electrons.